The van der Waals surface area contributed by atoms with E-state index in [0.717, 1.165) is 24.1 Å². The topological polar surface area (TPSA) is 46.3 Å². The number of carbonyl (C=O) groups excluding carboxylic acids is 1. The van der Waals surface area contributed by atoms with Crippen molar-refractivity contribution < 1.29 is 4.79 Å². The number of rotatable bonds is 1. The number of nitrogens with zero attached hydrogens (tertiary/aromatic N) is 1. The molecular weight excluding hydrogens is 200 g/mol. The Morgan fingerprint density at radius 3 is 2.75 bits per heavy atom. The van der Waals surface area contributed by atoms with Crippen LogP contribution in [0.1, 0.15) is 27.9 Å². The van der Waals surface area contributed by atoms with E-state index in [0.29, 0.717) is 6.54 Å². The van der Waals surface area contributed by atoms with Crippen LogP contribution in [0, 0.1) is 13.8 Å². The Hall–Kier alpha value is -1.35. The molecule has 1 aromatic carbocycles. The van der Waals surface area contributed by atoms with Crippen molar-refractivity contribution >= 4 is 5.91 Å². The van der Waals surface area contributed by atoms with Crippen molar-refractivity contribution in [1.82, 2.24) is 4.90 Å². The summed E-state index contributed by atoms with van der Waals surface area (Å²) in [5.41, 5.74) is 8.85. The SMILES string of the molecule is Cc1ccc(C(=O)N2CC[C@@H](N)C2)c(C)c1. The maximum Gasteiger partial charge on any atom is 0.254 e. The Morgan fingerprint density at radius 1 is 1.44 bits per heavy atom. The van der Waals surface area contributed by atoms with Gasteiger partial charge in [0.1, 0.15) is 0 Å². The van der Waals surface area contributed by atoms with E-state index in [1.165, 1.54) is 5.56 Å². The van der Waals surface area contributed by atoms with Crippen LogP contribution in [0.15, 0.2) is 18.2 Å². The van der Waals surface area contributed by atoms with Crippen LogP contribution >= 0.6 is 0 Å². The van der Waals surface area contributed by atoms with Crippen LogP contribution in [0.5, 0.6) is 0 Å². The maximum absolute atomic E-state index is 12.2. The molecule has 0 aliphatic carbocycles. The van der Waals surface area contributed by atoms with Gasteiger partial charge in [0, 0.05) is 24.7 Å². The fraction of sp³-hybridized carbons (Fsp3) is 0.462. The Labute approximate surface area is 96.2 Å². The first-order valence-corrected chi connectivity index (χ1v) is 5.70. The zero-order valence-corrected chi connectivity index (χ0v) is 9.86. The average Bonchev–Trinajstić information content (AvgIpc) is 2.64. The van der Waals surface area contributed by atoms with Crippen molar-refractivity contribution in [3.8, 4) is 0 Å². The highest BCUT2D eigenvalue weighted by atomic mass is 16.2. The average molecular weight is 218 g/mol. The van der Waals surface area contributed by atoms with E-state index in [2.05, 4.69) is 0 Å². The van der Waals surface area contributed by atoms with Gasteiger partial charge in [0.15, 0.2) is 0 Å². The second-order valence-corrected chi connectivity index (χ2v) is 4.62. The van der Waals surface area contributed by atoms with Gasteiger partial charge in [0.05, 0.1) is 0 Å². The van der Waals surface area contributed by atoms with Crippen LogP contribution < -0.4 is 5.73 Å². The second kappa shape index (κ2) is 4.26. The molecule has 86 valence electrons. The highest BCUT2D eigenvalue weighted by Crippen LogP contribution is 2.16. The summed E-state index contributed by atoms with van der Waals surface area (Å²) in [5, 5.41) is 0. The monoisotopic (exact) mass is 218 g/mol. The van der Waals surface area contributed by atoms with Gasteiger partial charge in [-0.15, -0.1) is 0 Å². The van der Waals surface area contributed by atoms with Crippen LogP contribution in [0.3, 0.4) is 0 Å². The van der Waals surface area contributed by atoms with Crippen molar-refractivity contribution in [3.63, 3.8) is 0 Å². The molecule has 2 rings (SSSR count). The summed E-state index contributed by atoms with van der Waals surface area (Å²) in [6.45, 7) is 5.49. The van der Waals surface area contributed by atoms with Gasteiger partial charge < -0.3 is 10.6 Å². The number of nitrogens with two attached hydrogens (primary N) is 1. The van der Waals surface area contributed by atoms with Crippen molar-refractivity contribution in [3.05, 3.63) is 34.9 Å². The largest absolute Gasteiger partial charge is 0.337 e. The summed E-state index contributed by atoms with van der Waals surface area (Å²) in [4.78, 5) is 14.0. The molecule has 1 saturated heterocycles. The summed E-state index contributed by atoms with van der Waals surface area (Å²) in [6, 6.07) is 6.09. The van der Waals surface area contributed by atoms with Crippen molar-refractivity contribution in [1.29, 1.82) is 0 Å². The number of amides is 1. The zero-order chi connectivity index (χ0) is 11.7. The molecule has 0 aromatic heterocycles. The number of carbonyl (C=O) groups is 1. The lowest BCUT2D eigenvalue weighted by Gasteiger charge is -2.17. The van der Waals surface area contributed by atoms with Crippen LogP contribution in [0.2, 0.25) is 0 Å². The zero-order valence-electron chi connectivity index (χ0n) is 9.86. The van der Waals surface area contributed by atoms with Gasteiger partial charge in [-0.1, -0.05) is 17.7 Å². The summed E-state index contributed by atoms with van der Waals surface area (Å²) in [6.07, 6.45) is 0.913. The molecule has 16 heavy (non-hydrogen) atoms. The van der Waals surface area contributed by atoms with Gasteiger partial charge in [-0.05, 0) is 31.9 Å². The second-order valence-electron chi connectivity index (χ2n) is 4.62. The quantitative estimate of drug-likeness (QED) is 0.776. The molecule has 2 N–H and O–H groups in total. The maximum atomic E-state index is 12.2. The molecule has 0 saturated carbocycles. The van der Waals surface area contributed by atoms with Gasteiger partial charge >= 0.3 is 0 Å². The lowest BCUT2D eigenvalue weighted by molar-refractivity contribution is 0.0790. The van der Waals surface area contributed by atoms with E-state index in [1.807, 2.05) is 36.9 Å². The molecule has 0 radical (unpaired) electrons. The van der Waals surface area contributed by atoms with Gasteiger partial charge in [0.2, 0.25) is 0 Å². The molecule has 0 bridgehead atoms. The van der Waals surface area contributed by atoms with Crippen molar-refractivity contribution in [2.24, 2.45) is 5.73 Å². The molecule has 0 spiro atoms. The van der Waals surface area contributed by atoms with Gasteiger partial charge in [-0.2, -0.15) is 0 Å². The normalized spacial score (nSPS) is 20.2. The minimum absolute atomic E-state index is 0.116. The molecule has 1 heterocycles. The van der Waals surface area contributed by atoms with Crippen molar-refractivity contribution in [2.75, 3.05) is 13.1 Å². The van der Waals surface area contributed by atoms with E-state index >= 15 is 0 Å². The Bertz CT molecular complexity index is 414. The molecule has 3 heteroatoms. The lowest BCUT2D eigenvalue weighted by Crippen LogP contribution is -2.32. The van der Waals surface area contributed by atoms with Crippen LogP contribution in [0.25, 0.3) is 0 Å². The van der Waals surface area contributed by atoms with E-state index < -0.39 is 0 Å². The molecule has 1 fully saturated rings. The number of hydrogen-bond donors (Lipinski definition) is 1. The fourth-order valence-corrected chi connectivity index (χ4v) is 2.20. The molecular formula is C13H18N2O. The molecule has 1 atom stereocenters. The first kappa shape index (κ1) is 11.1. The third-order valence-corrected chi connectivity index (χ3v) is 3.12. The minimum atomic E-state index is 0.116. The smallest absolute Gasteiger partial charge is 0.254 e. The van der Waals surface area contributed by atoms with E-state index in [1.54, 1.807) is 0 Å². The molecule has 1 aliphatic heterocycles. The van der Waals surface area contributed by atoms with Gasteiger partial charge in [0.25, 0.3) is 5.91 Å². The molecule has 1 aromatic rings. The number of benzene rings is 1. The van der Waals surface area contributed by atoms with Crippen LogP contribution in [-0.2, 0) is 0 Å². The predicted octanol–water partition coefficient (Wildman–Crippen LogP) is 1.48. The van der Waals surface area contributed by atoms with Gasteiger partial charge in [-0.3, -0.25) is 4.79 Å². The predicted molar refractivity (Wildman–Crippen MR) is 64.4 cm³/mol. The third-order valence-electron chi connectivity index (χ3n) is 3.12. The highest BCUT2D eigenvalue weighted by Gasteiger charge is 2.25. The molecule has 1 amide bonds. The Kier molecular flexibility index (Phi) is 2.97. The standard InChI is InChI=1S/C13H18N2O/c1-9-3-4-12(10(2)7-9)13(16)15-6-5-11(14)8-15/h3-4,7,11H,5-6,8,14H2,1-2H3/t11-/m1/s1. The highest BCUT2D eigenvalue weighted by molar-refractivity contribution is 5.95. The van der Waals surface area contributed by atoms with E-state index in [-0.39, 0.29) is 11.9 Å². The molecule has 3 nitrogen and oxygen atoms in total. The molecule has 0 unspecified atom stereocenters. The van der Waals surface area contributed by atoms with E-state index in [9.17, 15) is 4.79 Å². The Morgan fingerprint density at radius 2 is 2.19 bits per heavy atom. The van der Waals surface area contributed by atoms with E-state index in [4.69, 9.17) is 5.73 Å². The fourth-order valence-electron chi connectivity index (χ4n) is 2.20. The summed E-state index contributed by atoms with van der Waals surface area (Å²) < 4.78 is 0. The molecule has 1 aliphatic rings. The van der Waals surface area contributed by atoms with Crippen LogP contribution in [0.4, 0.5) is 0 Å². The summed E-state index contributed by atoms with van der Waals surface area (Å²) in [5.74, 6) is 0.116. The van der Waals surface area contributed by atoms with Gasteiger partial charge in [-0.25, -0.2) is 0 Å². The Balaban J connectivity index is 2.21. The number of aryl methyl sites for hydroxylation is 2. The number of likely N-dealkylation sites (tertiary alicyclic amines) is 1. The van der Waals surface area contributed by atoms with Crippen molar-refractivity contribution in [2.45, 2.75) is 26.3 Å². The van der Waals surface area contributed by atoms with Crippen LogP contribution in [-0.4, -0.2) is 29.9 Å². The minimum Gasteiger partial charge on any atom is -0.337 e. The summed E-state index contributed by atoms with van der Waals surface area (Å²) >= 11 is 0. The third kappa shape index (κ3) is 2.09. The first-order chi connectivity index (χ1) is 7.58. The first-order valence-electron chi connectivity index (χ1n) is 5.70. The lowest BCUT2D eigenvalue weighted by atomic mass is 10.0. The summed E-state index contributed by atoms with van der Waals surface area (Å²) in [7, 11) is 0. The number of hydrogen-bond acceptors (Lipinski definition) is 2.